The lowest BCUT2D eigenvalue weighted by Crippen LogP contribution is -2.52. The molecular weight excluding hydrogens is 222 g/mol. The van der Waals surface area contributed by atoms with E-state index < -0.39 is 0 Å². The summed E-state index contributed by atoms with van der Waals surface area (Å²) in [6, 6.07) is 0.740. The van der Waals surface area contributed by atoms with E-state index in [-0.39, 0.29) is 0 Å². The first-order valence-corrected chi connectivity index (χ1v) is 7.89. The molecule has 1 heterocycles. The third-order valence-corrected chi connectivity index (χ3v) is 5.07. The molecule has 1 saturated carbocycles. The van der Waals surface area contributed by atoms with Gasteiger partial charge in [0.05, 0.1) is 0 Å². The average molecular weight is 253 g/mol. The summed E-state index contributed by atoms with van der Waals surface area (Å²) in [6.45, 7) is 11.9. The van der Waals surface area contributed by atoms with Gasteiger partial charge in [-0.2, -0.15) is 0 Å². The largest absolute Gasteiger partial charge is 0.330 e. The number of nitrogens with two attached hydrogens (primary N) is 1. The quantitative estimate of drug-likeness (QED) is 0.829. The summed E-state index contributed by atoms with van der Waals surface area (Å²) < 4.78 is 0. The summed E-state index contributed by atoms with van der Waals surface area (Å²) >= 11 is 0. The molecule has 3 heteroatoms. The predicted molar refractivity (Wildman–Crippen MR) is 77.7 cm³/mol. The number of hydrogen-bond donors (Lipinski definition) is 1. The maximum atomic E-state index is 5.77. The van der Waals surface area contributed by atoms with Crippen molar-refractivity contribution >= 4 is 0 Å². The molecule has 0 aromatic carbocycles. The minimum atomic E-state index is 0.740. The lowest BCUT2D eigenvalue weighted by atomic mass is 9.82. The summed E-state index contributed by atoms with van der Waals surface area (Å²) in [6.07, 6.45) is 5.55. The summed E-state index contributed by atoms with van der Waals surface area (Å²) in [7, 11) is 0. The second-order valence-electron chi connectivity index (χ2n) is 6.36. The Morgan fingerprint density at radius 3 is 2.28 bits per heavy atom. The van der Waals surface area contributed by atoms with Crippen LogP contribution in [0.2, 0.25) is 0 Å². The van der Waals surface area contributed by atoms with Gasteiger partial charge in [0.1, 0.15) is 0 Å². The highest BCUT2D eigenvalue weighted by Crippen LogP contribution is 2.29. The highest BCUT2D eigenvalue weighted by atomic mass is 15.3. The maximum Gasteiger partial charge on any atom is 0.0195 e. The molecule has 1 unspecified atom stereocenters. The molecule has 1 saturated heterocycles. The molecule has 2 aliphatic rings. The van der Waals surface area contributed by atoms with Crippen LogP contribution in [0.25, 0.3) is 0 Å². The second-order valence-corrected chi connectivity index (χ2v) is 6.36. The average Bonchev–Trinajstić information content (AvgIpc) is 2.40. The van der Waals surface area contributed by atoms with Crippen LogP contribution >= 0.6 is 0 Å². The van der Waals surface area contributed by atoms with E-state index in [4.69, 9.17) is 5.73 Å². The van der Waals surface area contributed by atoms with Gasteiger partial charge >= 0.3 is 0 Å². The number of nitrogens with zero attached hydrogens (tertiary/aromatic N) is 2. The molecule has 3 nitrogen and oxygen atoms in total. The van der Waals surface area contributed by atoms with Crippen LogP contribution in [0.4, 0.5) is 0 Å². The number of hydrogen-bond acceptors (Lipinski definition) is 3. The molecule has 1 aliphatic carbocycles. The Balaban J connectivity index is 1.71. The van der Waals surface area contributed by atoms with Crippen LogP contribution in [0.1, 0.15) is 39.5 Å². The van der Waals surface area contributed by atoms with Crippen molar-refractivity contribution in [2.45, 2.75) is 45.6 Å². The van der Waals surface area contributed by atoms with E-state index in [1.54, 1.807) is 0 Å². The van der Waals surface area contributed by atoms with Crippen LogP contribution in [0.3, 0.4) is 0 Å². The van der Waals surface area contributed by atoms with Crippen LogP contribution in [-0.2, 0) is 0 Å². The summed E-state index contributed by atoms with van der Waals surface area (Å²) in [4.78, 5) is 5.30. The van der Waals surface area contributed by atoms with Crippen molar-refractivity contribution in [2.75, 3.05) is 39.3 Å². The molecular formula is C15H31N3. The molecule has 1 atom stereocenters. The van der Waals surface area contributed by atoms with Gasteiger partial charge in [-0.1, -0.05) is 6.92 Å². The Kier molecular flexibility index (Phi) is 5.46. The molecule has 106 valence electrons. The van der Waals surface area contributed by atoms with E-state index in [0.29, 0.717) is 0 Å². The monoisotopic (exact) mass is 253 g/mol. The lowest BCUT2D eigenvalue weighted by molar-refractivity contribution is 0.0694. The molecule has 2 rings (SSSR count). The third-order valence-electron chi connectivity index (χ3n) is 5.07. The summed E-state index contributed by atoms with van der Waals surface area (Å²) in [5, 5.41) is 0. The van der Waals surface area contributed by atoms with Gasteiger partial charge in [0.15, 0.2) is 0 Å². The fourth-order valence-corrected chi connectivity index (χ4v) is 3.72. The van der Waals surface area contributed by atoms with Gasteiger partial charge in [-0.25, -0.2) is 0 Å². The fourth-order valence-electron chi connectivity index (χ4n) is 3.72. The van der Waals surface area contributed by atoms with E-state index in [0.717, 1.165) is 24.4 Å². The van der Waals surface area contributed by atoms with E-state index in [1.165, 1.54) is 58.4 Å². The molecule has 0 aromatic rings. The smallest absolute Gasteiger partial charge is 0.0195 e. The highest BCUT2D eigenvalue weighted by molar-refractivity contribution is 4.81. The Labute approximate surface area is 113 Å². The Morgan fingerprint density at radius 2 is 1.72 bits per heavy atom. The maximum absolute atomic E-state index is 5.77. The van der Waals surface area contributed by atoms with Crippen molar-refractivity contribution in [2.24, 2.45) is 17.6 Å². The van der Waals surface area contributed by atoms with Gasteiger partial charge in [0, 0.05) is 32.2 Å². The van der Waals surface area contributed by atoms with Gasteiger partial charge in [0.25, 0.3) is 0 Å². The third kappa shape index (κ3) is 3.69. The van der Waals surface area contributed by atoms with Crippen LogP contribution in [0.15, 0.2) is 0 Å². The van der Waals surface area contributed by atoms with Gasteiger partial charge in [-0.05, 0) is 57.5 Å². The SMILES string of the molecule is CCN1CCN(CC2CCC(CN)CC2)CC1C. The molecule has 0 amide bonds. The van der Waals surface area contributed by atoms with Gasteiger partial charge in [-0.3, -0.25) is 4.90 Å². The van der Waals surface area contributed by atoms with Crippen molar-refractivity contribution in [1.29, 1.82) is 0 Å². The topological polar surface area (TPSA) is 32.5 Å². The Bertz CT molecular complexity index is 236. The van der Waals surface area contributed by atoms with E-state index in [1.807, 2.05) is 0 Å². The van der Waals surface area contributed by atoms with Crippen molar-refractivity contribution in [1.82, 2.24) is 9.80 Å². The van der Waals surface area contributed by atoms with E-state index in [9.17, 15) is 0 Å². The molecule has 0 spiro atoms. The zero-order chi connectivity index (χ0) is 13.0. The minimum absolute atomic E-state index is 0.740. The van der Waals surface area contributed by atoms with Crippen molar-refractivity contribution in [3.05, 3.63) is 0 Å². The van der Waals surface area contributed by atoms with Crippen molar-refractivity contribution in [3.8, 4) is 0 Å². The van der Waals surface area contributed by atoms with E-state index >= 15 is 0 Å². The van der Waals surface area contributed by atoms with Crippen LogP contribution in [0.5, 0.6) is 0 Å². The van der Waals surface area contributed by atoms with Gasteiger partial charge in [-0.15, -0.1) is 0 Å². The highest BCUT2D eigenvalue weighted by Gasteiger charge is 2.26. The predicted octanol–water partition coefficient (Wildman–Crippen LogP) is 1.78. The fraction of sp³-hybridized carbons (Fsp3) is 1.00. The van der Waals surface area contributed by atoms with Crippen molar-refractivity contribution in [3.63, 3.8) is 0 Å². The van der Waals surface area contributed by atoms with Crippen LogP contribution in [0, 0.1) is 11.8 Å². The molecule has 1 aliphatic heterocycles. The molecule has 18 heavy (non-hydrogen) atoms. The molecule has 2 N–H and O–H groups in total. The minimum Gasteiger partial charge on any atom is -0.330 e. The molecule has 0 bridgehead atoms. The van der Waals surface area contributed by atoms with Gasteiger partial charge in [0.2, 0.25) is 0 Å². The summed E-state index contributed by atoms with van der Waals surface area (Å²) in [5.41, 5.74) is 5.77. The second kappa shape index (κ2) is 6.88. The first kappa shape index (κ1) is 14.3. The first-order chi connectivity index (χ1) is 8.72. The number of rotatable bonds is 4. The number of piperazine rings is 1. The van der Waals surface area contributed by atoms with Crippen LogP contribution in [-0.4, -0.2) is 55.1 Å². The zero-order valence-electron chi connectivity index (χ0n) is 12.3. The normalized spacial score (nSPS) is 35.8. The van der Waals surface area contributed by atoms with E-state index in [2.05, 4.69) is 23.6 Å². The molecule has 0 radical (unpaired) electrons. The first-order valence-electron chi connectivity index (χ1n) is 7.89. The molecule has 2 fully saturated rings. The standard InChI is InChI=1S/C15H31N3/c1-3-18-9-8-17(11-13(18)2)12-15-6-4-14(10-16)5-7-15/h13-15H,3-12,16H2,1-2H3. The van der Waals surface area contributed by atoms with Gasteiger partial charge < -0.3 is 10.6 Å². The summed E-state index contributed by atoms with van der Waals surface area (Å²) in [5.74, 6) is 1.75. The molecule has 0 aromatic heterocycles. The lowest BCUT2D eigenvalue weighted by Gasteiger charge is -2.41. The Hall–Kier alpha value is -0.120. The zero-order valence-corrected chi connectivity index (χ0v) is 12.3. The number of likely N-dealkylation sites (N-methyl/N-ethyl adjacent to an activating group) is 1. The Morgan fingerprint density at radius 1 is 1.06 bits per heavy atom. The van der Waals surface area contributed by atoms with Crippen molar-refractivity contribution < 1.29 is 0 Å². The van der Waals surface area contributed by atoms with Crippen LogP contribution < -0.4 is 5.73 Å².